The zero-order chi connectivity index (χ0) is 10.3. The highest BCUT2D eigenvalue weighted by molar-refractivity contribution is 5.18. The molecule has 14 heavy (non-hydrogen) atoms. The summed E-state index contributed by atoms with van der Waals surface area (Å²) in [6.45, 7) is 11.3. The van der Waals surface area contributed by atoms with Gasteiger partial charge in [0.15, 0.2) is 0 Å². The molecule has 4 atom stereocenters. The van der Waals surface area contributed by atoms with Crippen LogP contribution in [0.25, 0.3) is 0 Å². The van der Waals surface area contributed by atoms with Crippen molar-refractivity contribution in [3.63, 3.8) is 0 Å². The van der Waals surface area contributed by atoms with Gasteiger partial charge in [0.1, 0.15) is 0 Å². The van der Waals surface area contributed by atoms with Crippen LogP contribution in [0.2, 0.25) is 0 Å². The monoisotopic (exact) mass is 192 g/mol. The summed E-state index contributed by atoms with van der Waals surface area (Å²) in [4.78, 5) is 0. The molecular formula is C14H24. The Kier molecular flexibility index (Phi) is 2.72. The normalized spacial score (nSPS) is 40.9. The van der Waals surface area contributed by atoms with Crippen LogP contribution in [-0.4, -0.2) is 0 Å². The summed E-state index contributed by atoms with van der Waals surface area (Å²) in [5, 5.41) is 0. The first-order valence-electron chi connectivity index (χ1n) is 6.34. The van der Waals surface area contributed by atoms with Gasteiger partial charge in [-0.15, -0.1) is 0 Å². The molecule has 0 aromatic rings. The minimum Gasteiger partial charge on any atom is -0.0996 e. The molecule has 2 fully saturated rings. The van der Waals surface area contributed by atoms with Gasteiger partial charge < -0.3 is 0 Å². The SMILES string of the molecule is C=C(CC)C1C2CCCC(C(C)C)C21. The molecule has 0 heteroatoms. The molecule has 2 aliphatic rings. The third kappa shape index (κ3) is 1.53. The van der Waals surface area contributed by atoms with Crippen LogP contribution in [-0.2, 0) is 0 Å². The molecule has 0 heterocycles. The van der Waals surface area contributed by atoms with Gasteiger partial charge in [-0.05, 0) is 48.9 Å². The second-order valence-corrected chi connectivity index (χ2v) is 5.62. The van der Waals surface area contributed by atoms with Crippen LogP contribution in [0.5, 0.6) is 0 Å². The van der Waals surface area contributed by atoms with Crippen LogP contribution in [0.4, 0.5) is 0 Å². The minimum absolute atomic E-state index is 0.887. The van der Waals surface area contributed by atoms with Crippen LogP contribution < -0.4 is 0 Å². The van der Waals surface area contributed by atoms with Gasteiger partial charge >= 0.3 is 0 Å². The predicted molar refractivity (Wildman–Crippen MR) is 62.1 cm³/mol. The Labute approximate surface area is 88.8 Å². The zero-order valence-electron chi connectivity index (χ0n) is 9.92. The Morgan fingerprint density at radius 2 is 2.07 bits per heavy atom. The highest BCUT2D eigenvalue weighted by Gasteiger charge is 2.56. The number of fused-ring (bicyclic) bond motifs is 1. The van der Waals surface area contributed by atoms with Crippen molar-refractivity contribution in [2.75, 3.05) is 0 Å². The Morgan fingerprint density at radius 3 is 2.64 bits per heavy atom. The zero-order valence-corrected chi connectivity index (χ0v) is 9.92. The lowest BCUT2D eigenvalue weighted by atomic mass is 9.81. The fourth-order valence-electron chi connectivity index (χ4n) is 3.73. The van der Waals surface area contributed by atoms with Gasteiger partial charge in [0, 0.05) is 0 Å². The van der Waals surface area contributed by atoms with Gasteiger partial charge in [-0.2, -0.15) is 0 Å². The summed E-state index contributed by atoms with van der Waals surface area (Å²) in [7, 11) is 0. The second-order valence-electron chi connectivity index (χ2n) is 5.62. The summed E-state index contributed by atoms with van der Waals surface area (Å²) in [6.07, 6.45) is 5.63. The van der Waals surface area contributed by atoms with E-state index in [0.29, 0.717) is 0 Å². The number of allylic oxidation sites excluding steroid dienone is 1. The molecule has 80 valence electrons. The van der Waals surface area contributed by atoms with Crippen molar-refractivity contribution in [1.82, 2.24) is 0 Å². The first kappa shape index (κ1) is 10.3. The van der Waals surface area contributed by atoms with Crippen molar-refractivity contribution in [1.29, 1.82) is 0 Å². The van der Waals surface area contributed by atoms with Crippen LogP contribution in [0.3, 0.4) is 0 Å². The van der Waals surface area contributed by atoms with Crippen molar-refractivity contribution < 1.29 is 0 Å². The lowest BCUT2D eigenvalue weighted by Gasteiger charge is -2.24. The summed E-state index contributed by atoms with van der Waals surface area (Å²) in [6, 6.07) is 0. The van der Waals surface area contributed by atoms with E-state index in [2.05, 4.69) is 27.4 Å². The van der Waals surface area contributed by atoms with E-state index in [1.165, 1.54) is 31.3 Å². The molecule has 0 aromatic carbocycles. The Balaban J connectivity index is 2.03. The smallest absolute Gasteiger partial charge is 0.0141 e. The third-order valence-corrected chi connectivity index (χ3v) is 4.58. The highest BCUT2D eigenvalue weighted by atomic mass is 14.6. The summed E-state index contributed by atoms with van der Waals surface area (Å²) < 4.78 is 0. The van der Waals surface area contributed by atoms with E-state index in [9.17, 15) is 0 Å². The van der Waals surface area contributed by atoms with E-state index in [1.807, 2.05) is 0 Å². The van der Waals surface area contributed by atoms with Crippen LogP contribution in [0, 0.1) is 29.6 Å². The molecule has 0 spiro atoms. The van der Waals surface area contributed by atoms with Crippen molar-refractivity contribution in [2.45, 2.75) is 46.5 Å². The van der Waals surface area contributed by atoms with Gasteiger partial charge in [0.2, 0.25) is 0 Å². The number of rotatable bonds is 3. The summed E-state index contributed by atoms with van der Waals surface area (Å²) in [5.41, 5.74) is 1.53. The second kappa shape index (κ2) is 3.72. The fourth-order valence-corrected chi connectivity index (χ4v) is 3.73. The molecule has 0 nitrogen and oxygen atoms in total. The van der Waals surface area contributed by atoms with Crippen molar-refractivity contribution in [2.24, 2.45) is 29.6 Å². The van der Waals surface area contributed by atoms with Crippen LogP contribution in [0.15, 0.2) is 12.2 Å². The molecule has 0 amide bonds. The molecule has 2 saturated carbocycles. The summed E-state index contributed by atoms with van der Waals surface area (Å²) in [5.74, 6) is 4.86. The van der Waals surface area contributed by atoms with Gasteiger partial charge in [-0.3, -0.25) is 0 Å². The first-order chi connectivity index (χ1) is 6.66. The molecule has 0 aromatic heterocycles. The minimum atomic E-state index is 0.887. The molecule has 2 aliphatic carbocycles. The van der Waals surface area contributed by atoms with Gasteiger partial charge in [-0.1, -0.05) is 39.3 Å². The predicted octanol–water partition coefficient (Wildman–Crippen LogP) is 4.27. The number of hydrogen-bond acceptors (Lipinski definition) is 0. The Morgan fingerprint density at radius 1 is 1.36 bits per heavy atom. The molecule has 0 N–H and O–H groups in total. The van der Waals surface area contributed by atoms with Gasteiger partial charge in [0.05, 0.1) is 0 Å². The maximum Gasteiger partial charge on any atom is -0.0141 e. The van der Waals surface area contributed by atoms with E-state index in [4.69, 9.17) is 0 Å². The molecule has 2 rings (SSSR count). The average molecular weight is 192 g/mol. The lowest BCUT2D eigenvalue weighted by Crippen LogP contribution is -2.16. The van der Waals surface area contributed by atoms with E-state index >= 15 is 0 Å². The Hall–Kier alpha value is -0.260. The quantitative estimate of drug-likeness (QED) is 0.586. The first-order valence-corrected chi connectivity index (χ1v) is 6.34. The maximum atomic E-state index is 4.25. The van der Waals surface area contributed by atoms with E-state index in [-0.39, 0.29) is 0 Å². The average Bonchev–Trinajstić information content (AvgIpc) is 2.90. The van der Waals surface area contributed by atoms with Crippen molar-refractivity contribution in [3.8, 4) is 0 Å². The van der Waals surface area contributed by atoms with Gasteiger partial charge in [-0.25, -0.2) is 0 Å². The molecule has 0 saturated heterocycles. The molecule has 0 aliphatic heterocycles. The van der Waals surface area contributed by atoms with E-state index < -0.39 is 0 Å². The molecule has 0 bridgehead atoms. The number of hydrogen-bond donors (Lipinski definition) is 0. The van der Waals surface area contributed by atoms with E-state index in [1.54, 1.807) is 0 Å². The highest BCUT2D eigenvalue weighted by Crippen LogP contribution is 2.62. The maximum absolute atomic E-state index is 4.25. The summed E-state index contributed by atoms with van der Waals surface area (Å²) >= 11 is 0. The molecular weight excluding hydrogens is 168 g/mol. The largest absolute Gasteiger partial charge is 0.0996 e. The molecule has 4 unspecified atom stereocenters. The molecule has 0 radical (unpaired) electrons. The van der Waals surface area contributed by atoms with Crippen molar-refractivity contribution >= 4 is 0 Å². The van der Waals surface area contributed by atoms with E-state index in [0.717, 1.165) is 29.6 Å². The Bertz CT molecular complexity index is 226. The lowest BCUT2D eigenvalue weighted by molar-refractivity contribution is 0.257. The third-order valence-electron chi connectivity index (χ3n) is 4.58. The van der Waals surface area contributed by atoms with Gasteiger partial charge in [0.25, 0.3) is 0 Å². The topological polar surface area (TPSA) is 0 Å². The van der Waals surface area contributed by atoms with Crippen molar-refractivity contribution in [3.05, 3.63) is 12.2 Å². The van der Waals surface area contributed by atoms with Crippen LogP contribution in [0.1, 0.15) is 46.5 Å². The standard InChI is InChI=1S/C14H24/c1-5-10(4)13-12-8-6-7-11(9(2)3)14(12)13/h9,11-14H,4-8H2,1-3H3. The van der Waals surface area contributed by atoms with Crippen LogP contribution >= 0.6 is 0 Å². The fraction of sp³-hybridized carbons (Fsp3) is 0.857.